The molecule has 3 N–H and O–H groups in total. The summed E-state index contributed by atoms with van der Waals surface area (Å²) in [5.41, 5.74) is 1.06. The van der Waals surface area contributed by atoms with Crippen LogP contribution in [0.2, 0.25) is 0 Å². The Hall–Kier alpha value is -1.36. The summed E-state index contributed by atoms with van der Waals surface area (Å²) in [6, 6.07) is 1.93. The zero-order valence-electron chi connectivity index (χ0n) is 8.62. The number of carbonyl (C=O) groups excluding carboxylic acids is 1. The quantitative estimate of drug-likeness (QED) is 0.577. The number of hydrogen-bond donors (Lipinski definition) is 3. The molecule has 0 unspecified atom stereocenters. The van der Waals surface area contributed by atoms with Crippen molar-refractivity contribution in [3.05, 3.63) is 18.0 Å². The molecule has 15 heavy (non-hydrogen) atoms. The van der Waals surface area contributed by atoms with Crippen LogP contribution in [0.4, 0.5) is 0 Å². The predicted molar refractivity (Wildman–Crippen MR) is 56.0 cm³/mol. The molecule has 1 aromatic rings. The third-order valence-corrected chi connectivity index (χ3v) is 2.42. The van der Waals surface area contributed by atoms with Gasteiger partial charge in [-0.05, 0) is 18.9 Å². The largest absolute Gasteiger partial charge is 0.355 e. The van der Waals surface area contributed by atoms with E-state index in [1.807, 2.05) is 6.07 Å². The summed E-state index contributed by atoms with van der Waals surface area (Å²) in [6.45, 7) is 2.25. The van der Waals surface area contributed by atoms with E-state index in [1.165, 1.54) is 0 Å². The second-order valence-corrected chi connectivity index (χ2v) is 3.82. The first-order chi connectivity index (χ1) is 7.36. The number of aromatic amines is 1. The Kier molecular flexibility index (Phi) is 3.34. The van der Waals surface area contributed by atoms with Gasteiger partial charge in [-0.25, -0.2) is 0 Å². The summed E-state index contributed by atoms with van der Waals surface area (Å²) in [4.78, 5) is 11.2. The molecule has 1 aliphatic rings. The fourth-order valence-corrected chi connectivity index (χ4v) is 1.37. The van der Waals surface area contributed by atoms with Crippen LogP contribution in [-0.2, 0) is 11.3 Å². The van der Waals surface area contributed by atoms with Crippen LogP contribution in [0.1, 0.15) is 18.5 Å². The van der Waals surface area contributed by atoms with E-state index in [1.54, 1.807) is 6.20 Å². The fraction of sp³-hybridized carbons (Fsp3) is 0.600. The maximum atomic E-state index is 11.2. The molecule has 5 nitrogen and oxygen atoms in total. The number of carbonyl (C=O) groups is 1. The van der Waals surface area contributed by atoms with Crippen LogP contribution in [0.3, 0.4) is 0 Å². The van der Waals surface area contributed by atoms with Crippen molar-refractivity contribution >= 4 is 5.91 Å². The van der Waals surface area contributed by atoms with E-state index in [-0.39, 0.29) is 5.91 Å². The minimum Gasteiger partial charge on any atom is -0.355 e. The Morgan fingerprint density at radius 1 is 1.53 bits per heavy atom. The Morgan fingerprint density at radius 3 is 3.07 bits per heavy atom. The van der Waals surface area contributed by atoms with Crippen molar-refractivity contribution in [2.75, 3.05) is 13.1 Å². The van der Waals surface area contributed by atoms with Gasteiger partial charge in [-0.3, -0.25) is 9.89 Å². The van der Waals surface area contributed by atoms with Gasteiger partial charge in [-0.1, -0.05) is 0 Å². The third kappa shape index (κ3) is 3.36. The van der Waals surface area contributed by atoms with Crippen molar-refractivity contribution in [2.24, 2.45) is 5.92 Å². The van der Waals surface area contributed by atoms with Crippen LogP contribution in [0.5, 0.6) is 0 Å². The van der Waals surface area contributed by atoms with Gasteiger partial charge in [0, 0.05) is 37.4 Å². The molecule has 0 radical (unpaired) electrons. The first kappa shape index (κ1) is 10.2. The topological polar surface area (TPSA) is 69.8 Å². The van der Waals surface area contributed by atoms with Crippen LogP contribution in [0.15, 0.2) is 12.3 Å². The number of nitrogens with one attached hydrogen (secondary N) is 3. The Bertz CT molecular complexity index is 305. The van der Waals surface area contributed by atoms with Crippen molar-refractivity contribution in [2.45, 2.75) is 19.4 Å². The van der Waals surface area contributed by atoms with Gasteiger partial charge >= 0.3 is 0 Å². The Labute approximate surface area is 88.6 Å². The first-order valence-corrected chi connectivity index (χ1v) is 5.33. The molecule has 2 rings (SSSR count). The highest BCUT2D eigenvalue weighted by atomic mass is 16.2. The van der Waals surface area contributed by atoms with E-state index in [4.69, 9.17) is 0 Å². The highest BCUT2D eigenvalue weighted by Crippen LogP contribution is 2.28. The molecule has 82 valence electrons. The summed E-state index contributed by atoms with van der Waals surface area (Å²) in [6.07, 6.45) is 3.85. The first-order valence-electron chi connectivity index (χ1n) is 5.33. The molecule has 1 fully saturated rings. The standard InChI is InChI=1S/C10H16N4O/c15-10(8-1-2-8)12-6-5-11-7-9-3-4-13-14-9/h3-4,8,11H,1-2,5-7H2,(H,12,15)(H,13,14). The maximum Gasteiger partial charge on any atom is 0.223 e. The minimum atomic E-state index is 0.207. The van der Waals surface area contributed by atoms with Crippen LogP contribution in [0, 0.1) is 5.92 Å². The molecule has 1 aromatic heterocycles. The van der Waals surface area contributed by atoms with Crippen molar-refractivity contribution in [3.8, 4) is 0 Å². The summed E-state index contributed by atoms with van der Waals surface area (Å²) in [5, 5.41) is 12.8. The van der Waals surface area contributed by atoms with Gasteiger partial charge in [0.25, 0.3) is 0 Å². The number of rotatable bonds is 6. The van der Waals surface area contributed by atoms with Gasteiger partial charge in [0.05, 0.1) is 0 Å². The van der Waals surface area contributed by atoms with E-state index in [2.05, 4.69) is 20.8 Å². The molecule has 0 aromatic carbocycles. The second-order valence-electron chi connectivity index (χ2n) is 3.82. The van der Waals surface area contributed by atoms with Gasteiger partial charge < -0.3 is 10.6 Å². The van der Waals surface area contributed by atoms with E-state index >= 15 is 0 Å². The summed E-state index contributed by atoms with van der Waals surface area (Å²) in [5.74, 6) is 0.510. The monoisotopic (exact) mass is 208 g/mol. The number of nitrogens with zero attached hydrogens (tertiary/aromatic N) is 1. The molecule has 1 saturated carbocycles. The lowest BCUT2D eigenvalue weighted by atomic mass is 10.4. The maximum absolute atomic E-state index is 11.2. The van der Waals surface area contributed by atoms with Crippen LogP contribution in [-0.4, -0.2) is 29.2 Å². The number of H-pyrrole nitrogens is 1. The molecule has 1 amide bonds. The molecule has 5 heteroatoms. The average Bonchev–Trinajstić information content (AvgIpc) is 2.97. The van der Waals surface area contributed by atoms with Crippen molar-refractivity contribution in [3.63, 3.8) is 0 Å². The molecular weight excluding hydrogens is 192 g/mol. The van der Waals surface area contributed by atoms with Gasteiger partial charge in [0.1, 0.15) is 0 Å². The van der Waals surface area contributed by atoms with Crippen LogP contribution in [0.25, 0.3) is 0 Å². The Balaban J connectivity index is 1.50. The van der Waals surface area contributed by atoms with E-state index in [0.717, 1.165) is 31.6 Å². The van der Waals surface area contributed by atoms with Crippen molar-refractivity contribution in [1.82, 2.24) is 20.8 Å². The lowest BCUT2D eigenvalue weighted by Gasteiger charge is -2.04. The molecule has 1 aliphatic carbocycles. The molecule has 0 bridgehead atoms. The fourth-order valence-electron chi connectivity index (χ4n) is 1.37. The van der Waals surface area contributed by atoms with E-state index in [9.17, 15) is 4.79 Å². The van der Waals surface area contributed by atoms with Gasteiger partial charge in [0.2, 0.25) is 5.91 Å². The molecule has 0 aliphatic heterocycles. The summed E-state index contributed by atoms with van der Waals surface area (Å²) in [7, 11) is 0. The lowest BCUT2D eigenvalue weighted by Crippen LogP contribution is -2.32. The molecule has 0 saturated heterocycles. The number of hydrogen-bond acceptors (Lipinski definition) is 3. The van der Waals surface area contributed by atoms with Gasteiger partial charge in [-0.15, -0.1) is 0 Å². The van der Waals surface area contributed by atoms with Gasteiger partial charge in [-0.2, -0.15) is 5.10 Å². The Morgan fingerprint density at radius 2 is 2.40 bits per heavy atom. The number of amides is 1. The predicted octanol–water partition coefficient (Wildman–Crippen LogP) is 0.0255. The second kappa shape index (κ2) is 4.93. The van der Waals surface area contributed by atoms with Crippen molar-refractivity contribution in [1.29, 1.82) is 0 Å². The smallest absolute Gasteiger partial charge is 0.223 e. The number of aromatic nitrogens is 2. The normalized spacial score (nSPS) is 15.2. The zero-order chi connectivity index (χ0) is 10.5. The van der Waals surface area contributed by atoms with Gasteiger partial charge in [0.15, 0.2) is 0 Å². The highest BCUT2D eigenvalue weighted by molar-refractivity contribution is 5.80. The molecule has 0 atom stereocenters. The summed E-state index contributed by atoms with van der Waals surface area (Å²) >= 11 is 0. The lowest BCUT2D eigenvalue weighted by molar-refractivity contribution is -0.122. The SMILES string of the molecule is O=C(NCCNCc1ccn[nH]1)C1CC1. The average molecular weight is 208 g/mol. The molecule has 0 spiro atoms. The highest BCUT2D eigenvalue weighted by Gasteiger charge is 2.28. The van der Waals surface area contributed by atoms with Crippen molar-refractivity contribution < 1.29 is 4.79 Å². The molecular formula is C10H16N4O. The van der Waals surface area contributed by atoms with E-state index < -0.39 is 0 Å². The van der Waals surface area contributed by atoms with E-state index in [0.29, 0.717) is 12.5 Å². The third-order valence-electron chi connectivity index (χ3n) is 2.42. The zero-order valence-corrected chi connectivity index (χ0v) is 8.62. The van der Waals surface area contributed by atoms with Crippen LogP contribution < -0.4 is 10.6 Å². The summed E-state index contributed by atoms with van der Waals surface area (Å²) < 4.78 is 0. The van der Waals surface area contributed by atoms with Crippen LogP contribution >= 0.6 is 0 Å². The molecule has 1 heterocycles. The minimum absolute atomic E-state index is 0.207.